The van der Waals surface area contributed by atoms with Crippen molar-refractivity contribution in [3.63, 3.8) is 0 Å². The van der Waals surface area contributed by atoms with Crippen molar-refractivity contribution >= 4 is 23.6 Å². The Labute approximate surface area is 168 Å². The molecule has 4 nitrogen and oxygen atoms in total. The molecule has 1 spiro atoms. The minimum atomic E-state index is 0.171. The van der Waals surface area contributed by atoms with E-state index in [-0.39, 0.29) is 16.8 Å². The van der Waals surface area contributed by atoms with Crippen LogP contribution in [0.25, 0.3) is 0 Å². The smallest absolute Gasteiger partial charge is 0.319 e. The number of thioether (sulfide) groups is 1. The summed E-state index contributed by atoms with van der Waals surface area (Å²) in [5.41, 5.74) is 6.85. The van der Waals surface area contributed by atoms with Gasteiger partial charge in [0.2, 0.25) is 5.84 Å². The second-order valence-corrected chi connectivity index (χ2v) is 11.2. The van der Waals surface area contributed by atoms with E-state index in [1.807, 2.05) is 0 Å². The molecule has 2 aliphatic heterocycles. The molecule has 5 heteroatoms. The average molecular weight is 391 g/mol. The number of amides is 2. The molecule has 2 N–H and O–H groups in total. The van der Waals surface area contributed by atoms with Gasteiger partial charge in [-0.1, -0.05) is 44.9 Å². The highest BCUT2D eigenvalue weighted by molar-refractivity contribution is 8.01. The lowest BCUT2D eigenvalue weighted by molar-refractivity contribution is -0.477. The SMILES string of the molecule is NC1=[N+](C2CCCCC2)C(=O)N2C(C3CCCCC3)SC3(CCCCC3)C12. The van der Waals surface area contributed by atoms with Crippen LogP contribution in [0.1, 0.15) is 96.3 Å². The Morgan fingerprint density at radius 2 is 1.48 bits per heavy atom. The van der Waals surface area contributed by atoms with Gasteiger partial charge in [0.1, 0.15) is 5.37 Å². The molecule has 2 atom stereocenters. The standard InChI is InChI=1S/C22H35N3OS/c23-19-18-22(14-8-3-9-15-22)27-20(16-10-4-1-5-11-16)25(18)21(26)24(19)17-12-6-2-7-13-17/h16-18,20,23H,1-15H2/p+1. The van der Waals surface area contributed by atoms with Gasteiger partial charge in [-0.05, 0) is 51.4 Å². The molecule has 0 aromatic heterocycles. The van der Waals surface area contributed by atoms with Gasteiger partial charge >= 0.3 is 6.03 Å². The van der Waals surface area contributed by atoms with Gasteiger partial charge in [-0.2, -0.15) is 4.58 Å². The van der Waals surface area contributed by atoms with E-state index in [1.54, 1.807) is 0 Å². The zero-order chi connectivity index (χ0) is 18.4. The van der Waals surface area contributed by atoms with Gasteiger partial charge < -0.3 is 5.73 Å². The summed E-state index contributed by atoms with van der Waals surface area (Å²) >= 11 is 2.17. The summed E-state index contributed by atoms with van der Waals surface area (Å²) in [7, 11) is 0. The molecule has 2 heterocycles. The Hall–Kier alpha value is -0.710. The van der Waals surface area contributed by atoms with E-state index in [4.69, 9.17) is 5.73 Å². The lowest BCUT2D eigenvalue weighted by Gasteiger charge is -2.34. The third-order valence-electron chi connectivity index (χ3n) is 8.08. The molecule has 150 valence electrons. The third kappa shape index (κ3) is 2.94. The Balaban J connectivity index is 1.50. The molecule has 5 aliphatic rings. The van der Waals surface area contributed by atoms with Crippen molar-refractivity contribution in [2.24, 2.45) is 11.7 Å². The number of amidine groups is 1. The first kappa shape index (κ1) is 18.3. The summed E-state index contributed by atoms with van der Waals surface area (Å²) in [5, 5.41) is 0.369. The van der Waals surface area contributed by atoms with E-state index in [9.17, 15) is 4.79 Å². The highest BCUT2D eigenvalue weighted by Gasteiger charge is 2.66. The van der Waals surface area contributed by atoms with Crippen LogP contribution in [0, 0.1) is 5.92 Å². The highest BCUT2D eigenvalue weighted by atomic mass is 32.2. The van der Waals surface area contributed by atoms with Crippen molar-refractivity contribution < 1.29 is 9.37 Å². The fourth-order valence-electron chi connectivity index (χ4n) is 6.75. The van der Waals surface area contributed by atoms with Gasteiger partial charge in [0.15, 0.2) is 6.04 Å². The normalized spacial score (nSPS) is 35.3. The average Bonchev–Trinajstić information content (AvgIpc) is 3.18. The van der Waals surface area contributed by atoms with Crippen molar-refractivity contribution in [2.45, 2.75) is 119 Å². The van der Waals surface area contributed by atoms with Crippen LogP contribution in [0.15, 0.2) is 0 Å². The summed E-state index contributed by atoms with van der Waals surface area (Å²) in [4.78, 5) is 16.0. The van der Waals surface area contributed by atoms with E-state index >= 15 is 0 Å². The molecule has 2 unspecified atom stereocenters. The largest absolute Gasteiger partial charge is 0.440 e. The summed E-state index contributed by atoms with van der Waals surface area (Å²) in [6.45, 7) is 0. The topological polar surface area (TPSA) is 49.3 Å². The first-order valence-corrected chi connectivity index (χ1v) is 12.5. The number of nitrogens with two attached hydrogens (primary N) is 1. The lowest BCUT2D eigenvalue weighted by Crippen LogP contribution is -2.51. The maximum Gasteiger partial charge on any atom is 0.440 e. The van der Waals surface area contributed by atoms with E-state index in [0.717, 1.165) is 18.7 Å². The predicted octanol–water partition coefficient (Wildman–Crippen LogP) is 4.85. The maximum atomic E-state index is 13.7. The molecule has 0 aromatic rings. The van der Waals surface area contributed by atoms with Crippen molar-refractivity contribution in [2.75, 3.05) is 0 Å². The number of fused-ring (bicyclic) bond motifs is 2. The number of hydrogen-bond acceptors (Lipinski definition) is 3. The Kier molecular flexibility index (Phi) is 4.94. The summed E-state index contributed by atoms with van der Waals surface area (Å²) in [5.74, 6) is 1.59. The van der Waals surface area contributed by atoms with Crippen LogP contribution in [-0.4, -0.2) is 43.5 Å². The third-order valence-corrected chi connectivity index (χ3v) is 10.0. The number of carbonyl (C=O) groups excluding carboxylic acids is 1. The van der Waals surface area contributed by atoms with Gasteiger partial charge in [-0.15, -0.1) is 11.8 Å². The summed E-state index contributed by atoms with van der Waals surface area (Å²) < 4.78 is 2.28. The Bertz CT molecular complexity index is 615. The van der Waals surface area contributed by atoms with Crippen LogP contribution in [0.5, 0.6) is 0 Å². The maximum absolute atomic E-state index is 13.7. The van der Waals surface area contributed by atoms with E-state index in [2.05, 4.69) is 21.2 Å². The summed E-state index contributed by atoms with van der Waals surface area (Å²) in [6.07, 6.45) is 19.2. The second-order valence-electron chi connectivity index (χ2n) is 9.71. The van der Waals surface area contributed by atoms with Gasteiger partial charge in [0.05, 0.1) is 10.8 Å². The molecule has 27 heavy (non-hydrogen) atoms. The fourth-order valence-corrected chi connectivity index (χ4v) is 8.91. The molecule has 3 aliphatic carbocycles. The minimum absolute atomic E-state index is 0.171. The van der Waals surface area contributed by atoms with Gasteiger partial charge in [0.25, 0.3) is 0 Å². The highest BCUT2D eigenvalue weighted by Crippen LogP contribution is 2.57. The predicted molar refractivity (Wildman–Crippen MR) is 111 cm³/mol. The van der Waals surface area contributed by atoms with Crippen LogP contribution in [0.3, 0.4) is 0 Å². The van der Waals surface area contributed by atoms with Gasteiger partial charge in [0, 0.05) is 5.92 Å². The molecule has 0 bridgehead atoms. The second kappa shape index (κ2) is 7.27. The van der Waals surface area contributed by atoms with Crippen LogP contribution >= 0.6 is 11.8 Å². The number of carbonyl (C=O) groups is 1. The van der Waals surface area contributed by atoms with Crippen molar-refractivity contribution in [3.8, 4) is 0 Å². The van der Waals surface area contributed by atoms with Gasteiger partial charge in [-0.3, -0.25) is 0 Å². The van der Waals surface area contributed by atoms with Gasteiger partial charge in [-0.25, -0.2) is 9.69 Å². The molecule has 0 aromatic carbocycles. The van der Waals surface area contributed by atoms with Crippen LogP contribution in [0.4, 0.5) is 4.79 Å². The van der Waals surface area contributed by atoms with Crippen molar-refractivity contribution in [3.05, 3.63) is 0 Å². The fraction of sp³-hybridized carbons (Fsp3) is 0.909. The quantitative estimate of drug-likeness (QED) is 0.686. The van der Waals surface area contributed by atoms with E-state index in [1.165, 1.54) is 83.5 Å². The number of rotatable bonds is 2. The molecule has 1 saturated heterocycles. The van der Waals surface area contributed by atoms with Crippen LogP contribution < -0.4 is 5.73 Å². The van der Waals surface area contributed by atoms with Crippen molar-refractivity contribution in [1.29, 1.82) is 0 Å². The van der Waals surface area contributed by atoms with Crippen LogP contribution in [0.2, 0.25) is 0 Å². The molecular formula is C22H36N3OS+. The number of hydrogen-bond donors (Lipinski definition) is 1. The number of urea groups is 1. The van der Waals surface area contributed by atoms with Crippen LogP contribution in [-0.2, 0) is 0 Å². The molecule has 0 radical (unpaired) electrons. The minimum Gasteiger partial charge on any atom is -0.319 e. The molecule has 2 amide bonds. The van der Waals surface area contributed by atoms with E-state index in [0.29, 0.717) is 17.3 Å². The Morgan fingerprint density at radius 3 is 2.15 bits per heavy atom. The van der Waals surface area contributed by atoms with Crippen molar-refractivity contribution in [1.82, 2.24) is 4.90 Å². The number of nitrogens with zero attached hydrogens (tertiary/aromatic N) is 2. The molecular weight excluding hydrogens is 354 g/mol. The zero-order valence-corrected chi connectivity index (χ0v) is 17.5. The first-order chi connectivity index (χ1) is 13.2. The Morgan fingerprint density at radius 1 is 0.889 bits per heavy atom. The monoisotopic (exact) mass is 390 g/mol. The first-order valence-electron chi connectivity index (χ1n) is 11.6. The zero-order valence-electron chi connectivity index (χ0n) is 16.7. The van der Waals surface area contributed by atoms with E-state index < -0.39 is 0 Å². The molecule has 3 saturated carbocycles. The molecule has 4 fully saturated rings. The molecule has 5 rings (SSSR count). The lowest BCUT2D eigenvalue weighted by atomic mass is 9.81. The summed E-state index contributed by atoms with van der Waals surface area (Å²) in [6, 6.07) is 0.786.